The number of aryl methyl sites for hydroxylation is 1. The van der Waals surface area contributed by atoms with E-state index in [0.717, 1.165) is 31.7 Å². The predicted molar refractivity (Wildman–Crippen MR) is 81.2 cm³/mol. The second-order valence-corrected chi connectivity index (χ2v) is 5.76. The molecule has 20 heavy (non-hydrogen) atoms. The largest absolute Gasteiger partial charge is 0.491 e. The minimum atomic E-state index is -0.462. The molecule has 4 nitrogen and oxygen atoms in total. The van der Waals surface area contributed by atoms with E-state index in [2.05, 4.69) is 17.3 Å². The summed E-state index contributed by atoms with van der Waals surface area (Å²) < 4.78 is 5.58. The van der Waals surface area contributed by atoms with Crippen LogP contribution in [-0.4, -0.2) is 55.4 Å². The molecule has 0 amide bonds. The lowest BCUT2D eigenvalue weighted by atomic mass is 10.1. The number of ether oxygens (including phenoxy) is 1. The molecule has 1 atom stereocenters. The molecule has 0 aliphatic carbocycles. The average molecular weight is 278 g/mol. The van der Waals surface area contributed by atoms with Crippen LogP contribution in [0, 0.1) is 6.92 Å². The lowest BCUT2D eigenvalue weighted by Crippen LogP contribution is -2.44. The third kappa shape index (κ3) is 5.12. The molecule has 112 valence electrons. The number of rotatable bonds is 6. The second kappa shape index (κ2) is 7.62. The van der Waals surface area contributed by atoms with E-state index in [1.165, 1.54) is 5.56 Å². The van der Waals surface area contributed by atoms with Crippen LogP contribution < -0.4 is 10.1 Å². The maximum Gasteiger partial charge on any atom is 0.119 e. The lowest BCUT2D eigenvalue weighted by Gasteiger charge is -2.30. The van der Waals surface area contributed by atoms with Crippen molar-refractivity contribution in [3.63, 3.8) is 0 Å². The summed E-state index contributed by atoms with van der Waals surface area (Å²) in [5.74, 6) is 0.814. The Morgan fingerprint density at radius 2 is 1.95 bits per heavy atom. The summed E-state index contributed by atoms with van der Waals surface area (Å²) in [6, 6.07) is 8.43. The molecule has 1 heterocycles. The van der Waals surface area contributed by atoms with Gasteiger partial charge in [-0.1, -0.05) is 17.7 Å². The Kier molecular flexibility index (Phi) is 5.83. The maximum absolute atomic E-state index is 9.95. The van der Waals surface area contributed by atoms with Crippen LogP contribution in [0.3, 0.4) is 0 Å². The number of hydrogen-bond donors (Lipinski definition) is 2. The van der Waals surface area contributed by atoms with E-state index in [1.54, 1.807) is 0 Å². The number of benzene rings is 1. The van der Waals surface area contributed by atoms with Crippen LogP contribution >= 0.6 is 0 Å². The molecule has 1 unspecified atom stereocenters. The summed E-state index contributed by atoms with van der Waals surface area (Å²) in [5.41, 5.74) is 1.21. The van der Waals surface area contributed by atoms with E-state index < -0.39 is 6.10 Å². The fourth-order valence-electron chi connectivity index (χ4n) is 2.40. The zero-order valence-electron chi connectivity index (χ0n) is 12.5. The molecule has 1 aromatic carbocycles. The van der Waals surface area contributed by atoms with Crippen molar-refractivity contribution in [2.24, 2.45) is 0 Å². The summed E-state index contributed by atoms with van der Waals surface area (Å²) in [4.78, 5) is 2.34. The number of nitrogens with zero attached hydrogens (tertiary/aromatic N) is 1. The topological polar surface area (TPSA) is 44.7 Å². The Hall–Kier alpha value is -1.10. The minimum Gasteiger partial charge on any atom is -0.491 e. The van der Waals surface area contributed by atoms with Crippen molar-refractivity contribution in [1.29, 1.82) is 0 Å². The van der Waals surface area contributed by atoms with E-state index in [0.29, 0.717) is 19.2 Å². The molecular weight excluding hydrogens is 252 g/mol. The molecular formula is C16H26N2O2. The zero-order chi connectivity index (χ0) is 14.4. The van der Waals surface area contributed by atoms with E-state index >= 15 is 0 Å². The summed E-state index contributed by atoms with van der Waals surface area (Å²) in [6.07, 6.45) is 1.85. The van der Waals surface area contributed by atoms with Gasteiger partial charge in [0.05, 0.1) is 0 Å². The van der Waals surface area contributed by atoms with Gasteiger partial charge < -0.3 is 20.1 Å². The summed E-state index contributed by atoms with van der Waals surface area (Å²) in [7, 11) is 2.15. The number of hydrogen-bond acceptors (Lipinski definition) is 4. The van der Waals surface area contributed by atoms with Gasteiger partial charge in [0.1, 0.15) is 18.5 Å². The number of nitrogens with one attached hydrogen (secondary N) is 1. The first-order valence-electron chi connectivity index (χ1n) is 7.43. The molecule has 1 aliphatic heterocycles. The van der Waals surface area contributed by atoms with Crippen LogP contribution in [0.5, 0.6) is 5.75 Å². The van der Waals surface area contributed by atoms with Crippen molar-refractivity contribution in [3.05, 3.63) is 29.8 Å². The first-order chi connectivity index (χ1) is 9.63. The third-order valence-electron chi connectivity index (χ3n) is 3.82. The number of piperidine rings is 1. The molecule has 4 heteroatoms. The van der Waals surface area contributed by atoms with Crippen LogP contribution in [-0.2, 0) is 0 Å². The smallest absolute Gasteiger partial charge is 0.119 e. The quantitative estimate of drug-likeness (QED) is 0.826. The van der Waals surface area contributed by atoms with Gasteiger partial charge in [-0.2, -0.15) is 0 Å². The molecule has 0 saturated carbocycles. The highest BCUT2D eigenvalue weighted by molar-refractivity contribution is 5.26. The Balaban J connectivity index is 1.62. The first kappa shape index (κ1) is 15.3. The van der Waals surface area contributed by atoms with Gasteiger partial charge >= 0.3 is 0 Å². The summed E-state index contributed by atoms with van der Waals surface area (Å²) in [5, 5.41) is 13.4. The van der Waals surface area contributed by atoms with Crippen LogP contribution in [0.2, 0.25) is 0 Å². The van der Waals surface area contributed by atoms with Crippen molar-refractivity contribution < 1.29 is 9.84 Å². The highest BCUT2D eigenvalue weighted by Crippen LogP contribution is 2.12. The van der Waals surface area contributed by atoms with Crippen molar-refractivity contribution in [2.75, 3.05) is 33.3 Å². The van der Waals surface area contributed by atoms with Crippen LogP contribution in [0.25, 0.3) is 0 Å². The number of aliphatic hydroxyl groups excluding tert-OH is 1. The molecule has 1 aliphatic rings. The van der Waals surface area contributed by atoms with Gasteiger partial charge in [0.15, 0.2) is 0 Å². The van der Waals surface area contributed by atoms with Gasteiger partial charge in [0, 0.05) is 12.6 Å². The molecule has 1 saturated heterocycles. The van der Waals surface area contributed by atoms with Gasteiger partial charge in [-0.25, -0.2) is 0 Å². The van der Waals surface area contributed by atoms with Crippen LogP contribution in [0.1, 0.15) is 18.4 Å². The molecule has 0 spiro atoms. The van der Waals surface area contributed by atoms with E-state index in [9.17, 15) is 5.11 Å². The van der Waals surface area contributed by atoms with Crippen LogP contribution in [0.4, 0.5) is 0 Å². The zero-order valence-corrected chi connectivity index (χ0v) is 12.5. The maximum atomic E-state index is 9.95. The van der Waals surface area contributed by atoms with Crippen molar-refractivity contribution in [3.8, 4) is 5.75 Å². The van der Waals surface area contributed by atoms with Crippen molar-refractivity contribution in [1.82, 2.24) is 10.2 Å². The Bertz CT molecular complexity index is 386. The third-order valence-corrected chi connectivity index (χ3v) is 3.82. The van der Waals surface area contributed by atoms with Crippen LogP contribution in [0.15, 0.2) is 24.3 Å². The fraction of sp³-hybridized carbons (Fsp3) is 0.625. The average Bonchev–Trinajstić information content (AvgIpc) is 2.46. The Labute approximate surface area is 121 Å². The van der Waals surface area contributed by atoms with Gasteiger partial charge in [-0.15, -0.1) is 0 Å². The SMILES string of the molecule is Cc1ccc(OCC(O)CNC2CCN(C)CC2)cc1. The minimum absolute atomic E-state index is 0.336. The molecule has 2 N–H and O–H groups in total. The van der Waals surface area contributed by atoms with Crippen molar-refractivity contribution >= 4 is 0 Å². The lowest BCUT2D eigenvalue weighted by molar-refractivity contribution is 0.0996. The summed E-state index contributed by atoms with van der Waals surface area (Å²) in [6.45, 7) is 5.24. The monoisotopic (exact) mass is 278 g/mol. The normalized spacial score (nSPS) is 18.9. The Morgan fingerprint density at radius 3 is 2.60 bits per heavy atom. The van der Waals surface area contributed by atoms with E-state index in [4.69, 9.17) is 4.74 Å². The number of aliphatic hydroxyl groups is 1. The highest BCUT2D eigenvalue weighted by atomic mass is 16.5. The van der Waals surface area contributed by atoms with E-state index in [-0.39, 0.29) is 0 Å². The van der Waals surface area contributed by atoms with Gasteiger partial charge in [-0.3, -0.25) is 0 Å². The molecule has 1 fully saturated rings. The molecule has 1 aromatic rings. The molecule has 0 radical (unpaired) electrons. The molecule has 0 bridgehead atoms. The van der Waals surface area contributed by atoms with Gasteiger partial charge in [-0.05, 0) is 52.0 Å². The standard InChI is InChI=1S/C16H26N2O2/c1-13-3-5-16(6-4-13)20-12-15(19)11-17-14-7-9-18(2)10-8-14/h3-6,14-15,17,19H,7-12H2,1-2H3. The number of likely N-dealkylation sites (tertiary alicyclic amines) is 1. The Morgan fingerprint density at radius 1 is 1.30 bits per heavy atom. The fourth-order valence-corrected chi connectivity index (χ4v) is 2.40. The highest BCUT2D eigenvalue weighted by Gasteiger charge is 2.17. The molecule has 0 aromatic heterocycles. The predicted octanol–water partition coefficient (Wildman–Crippen LogP) is 1.42. The van der Waals surface area contributed by atoms with Gasteiger partial charge in [0.2, 0.25) is 0 Å². The van der Waals surface area contributed by atoms with Crippen molar-refractivity contribution in [2.45, 2.75) is 31.9 Å². The van der Waals surface area contributed by atoms with E-state index in [1.807, 2.05) is 31.2 Å². The second-order valence-electron chi connectivity index (χ2n) is 5.76. The summed E-state index contributed by atoms with van der Waals surface area (Å²) >= 11 is 0. The first-order valence-corrected chi connectivity index (χ1v) is 7.43. The molecule has 2 rings (SSSR count). The van der Waals surface area contributed by atoms with Gasteiger partial charge in [0.25, 0.3) is 0 Å².